The van der Waals surface area contributed by atoms with Gasteiger partial charge in [0.2, 0.25) is 5.91 Å². The average molecular weight is 649 g/mol. The van der Waals surface area contributed by atoms with Gasteiger partial charge in [-0.05, 0) is 86.7 Å². The van der Waals surface area contributed by atoms with E-state index in [0.717, 1.165) is 51.6 Å². The van der Waals surface area contributed by atoms with Gasteiger partial charge in [-0.1, -0.05) is 38.5 Å². The second kappa shape index (κ2) is 12.4. The Kier molecular flexibility index (Phi) is 8.20. The van der Waals surface area contributed by atoms with Crippen LogP contribution >= 0.6 is 0 Å². The number of nitrogens with zero attached hydrogens (tertiary/aromatic N) is 5. The molecule has 2 aromatic heterocycles. The summed E-state index contributed by atoms with van der Waals surface area (Å²) in [6.07, 6.45) is 14.8. The first-order valence-electron chi connectivity index (χ1n) is 16.8. The van der Waals surface area contributed by atoms with Crippen molar-refractivity contribution in [1.29, 1.82) is 0 Å². The van der Waals surface area contributed by atoms with Crippen molar-refractivity contribution in [3.05, 3.63) is 60.6 Å². The van der Waals surface area contributed by atoms with Gasteiger partial charge in [0.25, 0.3) is 0 Å². The van der Waals surface area contributed by atoms with Crippen LogP contribution in [0.3, 0.4) is 0 Å². The maximum absolute atomic E-state index is 17.0. The van der Waals surface area contributed by atoms with Crippen molar-refractivity contribution in [2.45, 2.75) is 64.0 Å². The number of phenols is 1. The van der Waals surface area contributed by atoms with Crippen LogP contribution in [0.25, 0.3) is 32.9 Å². The molecule has 0 unspecified atom stereocenters. The van der Waals surface area contributed by atoms with Crippen molar-refractivity contribution in [3.63, 3.8) is 0 Å². The lowest BCUT2D eigenvalue weighted by Crippen LogP contribution is -2.50. The molecule has 1 amide bonds. The Morgan fingerprint density at radius 3 is 2.71 bits per heavy atom. The van der Waals surface area contributed by atoms with Gasteiger partial charge in [0.15, 0.2) is 5.82 Å². The number of halogens is 1. The third-order valence-electron chi connectivity index (χ3n) is 10.7. The number of ether oxygens (including phenoxy) is 1. The number of carbonyl (C=O) groups excluding carboxylic acids is 1. The largest absolute Gasteiger partial charge is 0.508 e. The number of nitrogens with one attached hydrogen (secondary N) is 1. The number of phenolic OH excluding ortho intramolecular Hbond substituents is 1. The maximum Gasteiger partial charge on any atom is 0.319 e. The van der Waals surface area contributed by atoms with Gasteiger partial charge in [0.05, 0.1) is 17.0 Å². The van der Waals surface area contributed by atoms with Gasteiger partial charge >= 0.3 is 6.01 Å². The maximum atomic E-state index is 17.0. The average Bonchev–Trinajstić information content (AvgIpc) is 3.62. The number of terminal acetylenes is 1. The smallest absolute Gasteiger partial charge is 0.319 e. The Balaban J connectivity index is 1.37. The Hall–Kier alpha value is -4.75. The van der Waals surface area contributed by atoms with E-state index >= 15 is 4.39 Å². The first kappa shape index (κ1) is 31.8. The molecule has 48 heavy (non-hydrogen) atoms. The summed E-state index contributed by atoms with van der Waals surface area (Å²) < 4.78 is 23.4. The normalized spacial score (nSPS) is 20.3. The topological polar surface area (TPSA) is 104 Å². The molecule has 3 aliphatic heterocycles. The number of rotatable bonds is 7. The summed E-state index contributed by atoms with van der Waals surface area (Å²) in [6.45, 7) is 11.5. The molecule has 248 valence electrons. The van der Waals surface area contributed by atoms with Crippen molar-refractivity contribution >= 4 is 33.4 Å². The molecular weight excluding hydrogens is 607 g/mol. The first-order chi connectivity index (χ1) is 23.1. The van der Waals surface area contributed by atoms with Crippen molar-refractivity contribution in [2.24, 2.45) is 5.41 Å². The molecule has 2 N–H and O–H groups in total. The Morgan fingerprint density at radius 1 is 1.19 bits per heavy atom. The molecule has 3 fully saturated rings. The number of carbonyl (C=O) groups is 1. The molecule has 3 saturated heterocycles. The molecule has 9 nitrogen and oxygen atoms in total. The quantitative estimate of drug-likeness (QED) is 0.187. The van der Waals surface area contributed by atoms with E-state index in [1.165, 1.54) is 12.1 Å². The highest BCUT2D eigenvalue weighted by atomic mass is 19.1. The fraction of sp³-hybridized carbons (Fsp3) is 0.421. The molecule has 5 heterocycles. The predicted molar refractivity (Wildman–Crippen MR) is 185 cm³/mol. The molecule has 7 rings (SSSR count). The number of aromatic nitrogens is 3. The van der Waals surface area contributed by atoms with Crippen molar-refractivity contribution in [3.8, 4) is 35.4 Å². The summed E-state index contributed by atoms with van der Waals surface area (Å²) in [6, 6.07) is 8.37. The molecule has 1 atom stereocenters. The lowest BCUT2D eigenvalue weighted by atomic mass is 9.81. The van der Waals surface area contributed by atoms with Crippen LogP contribution < -0.4 is 15.0 Å². The number of hydrogen-bond acceptors (Lipinski definition) is 8. The fourth-order valence-electron chi connectivity index (χ4n) is 8.02. The van der Waals surface area contributed by atoms with Crippen LogP contribution in [0.4, 0.5) is 10.2 Å². The van der Waals surface area contributed by atoms with Crippen LogP contribution in [0, 0.1) is 23.6 Å². The van der Waals surface area contributed by atoms with Gasteiger partial charge in [0.1, 0.15) is 29.4 Å². The first-order valence-corrected chi connectivity index (χ1v) is 16.8. The number of benzene rings is 2. The van der Waals surface area contributed by atoms with Crippen LogP contribution in [0.15, 0.2) is 49.2 Å². The minimum absolute atomic E-state index is 0.0196. The van der Waals surface area contributed by atoms with Crippen molar-refractivity contribution < 1.29 is 19.0 Å². The molecule has 0 aliphatic carbocycles. The summed E-state index contributed by atoms with van der Waals surface area (Å²) in [5.41, 5.74) is 0.761. The standard InChI is InChI=1S/C38H41FN6O3/c1-5-24-11-7-12-25-19-26(46)20-27(31(24)25)33-32(39)34-28(21-40-33)35(44-16-8-13-37(3,4)29(22-44)41-30(47)6-2)43-36(42-34)48-23-38-14-9-17-45(38)18-10-15-38/h1,6-7,11-12,19-21,29,46H,2,8-10,13-18,22-23H2,3-4H3,(H,41,47)/t29-/m0/s1. The fourth-order valence-corrected chi connectivity index (χ4v) is 8.02. The van der Waals surface area contributed by atoms with Crippen molar-refractivity contribution in [1.82, 2.24) is 25.2 Å². The van der Waals surface area contributed by atoms with Gasteiger partial charge in [0, 0.05) is 35.8 Å². The minimum Gasteiger partial charge on any atom is -0.508 e. The van der Waals surface area contributed by atoms with Gasteiger partial charge in [-0.15, -0.1) is 6.42 Å². The molecule has 0 spiro atoms. The molecule has 0 saturated carbocycles. The van der Waals surface area contributed by atoms with Crippen LogP contribution in [0.2, 0.25) is 0 Å². The lowest BCUT2D eigenvalue weighted by Gasteiger charge is -2.35. The number of anilines is 1. The highest BCUT2D eigenvalue weighted by Crippen LogP contribution is 2.41. The Morgan fingerprint density at radius 2 is 1.96 bits per heavy atom. The highest BCUT2D eigenvalue weighted by Gasteiger charge is 2.45. The van der Waals surface area contributed by atoms with E-state index in [-0.39, 0.29) is 45.9 Å². The van der Waals surface area contributed by atoms with E-state index in [1.807, 2.05) is 6.07 Å². The number of amides is 1. The second-order valence-electron chi connectivity index (χ2n) is 14.1. The summed E-state index contributed by atoms with van der Waals surface area (Å²) in [4.78, 5) is 31.3. The van der Waals surface area contributed by atoms with E-state index in [9.17, 15) is 9.90 Å². The van der Waals surface area contributed by atoms with Crippen LogP contribution in [-0.2, 0) is 4.79 Å². The van der Waals surface area contributed by atoms with E-state index in [2.05, 4.69) is 51.4 Å². The third-order valence-corrected chi connectivity index (χ3v) is 10.7. The molecular formula is C38H41FN6O3. The van der Waals surface area contributed by atoms with Crippen LogP contribution in [-0.4, -0.2) is 75.2 Å². The van der Waals surface area contributed by atoms with Gasteiger partial charge in [-0.2, -0.15) is 9.97 Å². The number of aromatic hydroxyl groups is 1. The van der Waals surface area contributed by atoms with Gasteiger partial charge < -0.3 is 20.1 Å². The zero-order chi connectivity index (χ0) is 33.6. The SMILES string of the molecule is C#Cc1cccc2cc(O)cc(-c3ncc4c(N5CCCC(C)(C)[C@@H](NC(=O)C=C)C5)nc(OCC56CCCN5CCC6)nc4c3F)c12. The molecule has 10 heteroatoms. The van der Waals surface area contributed by atoms with E-state index in [1.54, 1.807) is 24.4 Å². The number of fused-ring (bicyclic) bond motifs is 3. The highest BCUT2D eigenvalue weighted by molar-refractivity contribution is 6.02. The molecule has 0 bridgehead atoms. The van der Waals surface area contributed by atoms with Crippen LogP contribution in [0.5, 0.6) is 11.8 Å². The van der Waals surface area contributed by atoms with E-state index < -0.39 is 5.82 Å². The number of pyridine rings is 1. The predicted octanol–water partition coefficient (Wildman–Crippen LogP) is 5.98. The Labute approximate surface area is 280 Å². The summed E-state index contributed by atoms with van der Waals surface area (Å²) >= 11 is 0. The molecule has 2 aromatic carbocycles. The van der Waals surface area contributed by atoms with Crippen LogP contribution in [0.1, 0.15) is 57.9 Å². The minimum atomic E-state index is -0.659. The monoisotopic (exact) mass is 648 g/mol. The van der Waals surface area contributed by atoms with Gasteiger partial charge in [-0.25, -0.2) is 4.39 Å². The zero-order valence-corrected chi connectivity index (χ0v) is 27.6. The summed E-state index contributed by atoms with van der Waals surface area (Å²) in [5.74, 6) is 2.25. The third kappa shape index (κ3) is 5.60. The second-order valence-corrected chi connectivity index (χ2v) is 14.1. The van der Waals surface area contributed by atoms with E-state index in [0.29, 0.717) is 52.8 Å². The van der Waals surface area contributed by atoms with Gasteiger partial charge in [-0.3, -0.25) is 14.7 Å². The molecule has 3 aliphatic rings. The lowest BCUT2D eigenvalue weighted by molar-refractivity contribution is -0.117. The number of hydrogen-bond donors (Lipinski definition) is 2. The summed E-state index contributed by atoms with van der Waals surface area (Å²) in [5, 5.41) is 15.5. The van der Waals surface area contributed by atoms with E-state index in [4.69, 9.17) is 16.1 Å². The zero-order valence-electron chi connectivity index (χ0n) is 27.6. The Bertz CT molecular complexity index is 1960. The summed E-state index contributed by atoms with van der Waals surface area (Å²) in [7, 11) is 0. The van der Waals surface area contributed by atoms with Crippen molar-refractivity contribution in [2.75, 3.05) is 37.7 Å². The molecule has 4 aromatic rings. The molecule has 0 radical (unpaired) electrons.